The minimum Gasteiger partial charge on any atom is -0.462 e. The van der Waals surface area contributed by atoms with Gasteiger partial charge < -0.3 is 21.1 Å². The third-order valence-corrected chi connectivity index (χ3v) is 5.17. The Bertz CT molecular complexity index is 1140. The molecule has 0 unspecified atom stereocenters. The van der Waals surface area contributed by atoms with E-state index in [-0.39, 0.29) is 5.95 Å². The van der Waals surface area contributed by atoms with Crippen molar-refractivity contribution in [3.8, 4) is 17.0 Å². The summed E-state index contributed by atoms with van der Waals surface area (Å²) in [6, 6.07) is 16.2. The summed E-state index contributed by atoms with van der Waals surface area (Å²) in [5.41, 5.74) is 9.78. The van der Waals surface area contributed by atoms with Gasteiger partial charge in [0.2, 0.25) is 5.95 Å². The van der Waals surface area contributed by atoms with Crippen LogP contribution in [0.15, 0.2) is 78.3 Å². The number of pyridine rings is 1. The van der Waals surface area contributed by atoms with Crippen molar-refractivity contribution in [2.24, 2.45) is 0 Å². The van der Waals surface area contributed by atoms with Gasteiger partial charge in [0, 0.05) is 48.6 Å². The van der Waals surface area contributed by atoms with Crippen molar-refractivity contribution in [1.29, 1.82) is 0 Å². The van der Waals surface area contributed by atoms with Gasteiger partial charge in [0.05, 0.1) is 11.4 Å². The van der Waals surface area contributed by atoms with Gasteiger partial charge in [-0.3, -0.25) is 4.98 Å². The molecule has 7 nitrogen and oxygen atoms in total. The minimum absolute atomic E-state index is 0.244. The van der Waals surface area contributed by atoms with Gasteiger partial charge in [-0.2, -0.15) is 4.98 Å². The lowest BCUT2D eigenvalue weighted by Gasteiger charge is -2.11. The Morgan fingerprint density at radius 3 is 2.70 bits per heavy atom. The van der Waals surface area contributed by atoms with E-state index in [1.54, 1.807) is 6.20 Å². The Balaban J connectivity index is 1.45. The number of nitrogens with one attached hydrogen (secondary N) is 2. The maximum atomic E-state index is 6.15. The number of nitrogens with two attached hydrogens (primary N) is 1. The Morgan fingerprint density at radius 2 is 1.88 bits per heavy atom. The third-order valence-electron chi connectivity index (χ3n) is 5.17. The number of aromatic nitrogens is 3. The quantitative estimate of drug-likeness (QED) is 0.448. The van der Waals surface area contributed by atoms with Crippen molar-refractivity contribution >= 4 is 11.8 Å². The van der Waals surface area contributed by atoms with Crippen molar-refractivity contribution < 1.29 is 4.74 Å². The molecular formula is C26H30N6O. The van der Waals surface area contributed by atoms with E-state index in [1.807, 2.05) is 60.7 Å². The largest absolute Gasteiger partial charge is 0.462 e. The summed E-state index contributed by atoms with van der Waals surface area (Å²) in [5.74, 6) is 2.65. The molecule has 1 aliphatic carbocycles. The van der Waals surface area contributed by atoms with Crippen molar-refractivity contribution in [3.63, 3.8) is 0 Å². The summed E-state index contributed by atoms with van der Waals surface area (Å²) in [4.78, 5) is 13.1. The number of ether oxygens (including phenoxy) is 1. The van der Waals surface area contributed by atoms with Crippen LogP contribution in [-0.2, 0) is 6.54 Å². The number of benzene rings is 1. The molecule has 0 aliphatic heterocycles. The maximum Gasteiger partial charge on any atom is 0.222 e. The van der Waals surface area contributed by atoms with Crippen LogP contribution in [0.5, 0.6) is 5.75 Å². The molecule has 0 spiro atoms. The van der Waals surface area contributed by atoms with Crippen LogP contribution in [-0.4, -0.2) is 21.0 Å². The van der Waals surface area contributed by atoms with Gasteiger partial charge in [0.15, 0.2) is 0 Å². The molecule has 0 saturated carbocycles. The smallest absolute Gasteiger partial charge is 0.222 e. The average Bonchev–Trinajstić information content (AvgIpc) is 3.03. The number of hydrogen-bond acceptors (Lipinski definition) is 7. The fraction of sp³-hybridized carbons (Fsp3) is 0.269. The van der Waals surface area contributed by atoms with Crippen LogP contribution in [0.2, 0.25) is 0 Å². The second-order valence-electron chi connectivity index (χ2n) is 8.29. The zero-order valence-corrected chi connectivity index (χ0v) is 19.1. The van der Waals surface area contributed by atoms with Crippen LogP contribution in [0.4, 0.5) is 11.8 Å². The molecule has 170 valence electrons. The number of nitrogen functional groups attached to an aromatic ring is 1. The second kappa shape index (κ2) is 10.7. The summed E-state index contributed by atoms with van der Waals surface area (Å²) in [7, 11) is 0. The fourth-order valence-corrected chi connectivity index (χ4v) is 3.53. The monoisotopic (exact) mass is 442 g/mol. The first kappa shape index (κ1) is 22.5. The summed E-state index contributed by atoms with van der Waals surface area (Å²) in [5, 5.41) is 6.78. The summed E-state index contributed by atoms with van der Waals surface area (Å²) < 4.78 is 6.15. The second-order valence-corrected chi connectivity index (χ2v) is 8.29. The number of anilines is 2. The van der Waals surface area contributed by atoms with E-state index in [4.69, 9.17) is 10.5 Å². The van der Waals surface area contributed by atoms with E-state index >= 15 is 0 Å². The molecule has 0 saturated heterocycles. The van der Waals surface area contributed by atoms with Crippen LogP contribution in [0, 0.1) is 0 Å². The topological polar surface area (TPSA) is 98.0 Å². The van der Waals surface area contributed by atoms with E-state index in [2.05, 4.69) is 39.4 Å². The lowest BCUT2D eigenvalue weighted by molar-refractivity contribution is 0.399. The summed E-state index contributed by atoms with van der Waals surface area (Å²) >= 11 is 0. The first-order valence-electron chi connectivity index (χ1n) is 11.3. The van der Waals surface area contributed by atoms with Gasteiger partial charge in [0.25, 0.3) is 0 Å². The predicted octanol–water partition coefficient (Wildman–Crippen LogP) is 5.06. The summed E-state index contributed by atoms with van der Waals surface area (Å²) in [6.07, 6.45) is 8.55. The van der Waals surface area contributed by atoms with Gasteiger partial charge in [-0.05, 0) is 31.1 Å². The molecule has 2 aromatic heterocycles. The Hall–Kier alpha value is -3.71. The van der Waals surface area contributed by atoms with Crippen molar-refractivity contribution in [1.82, 2.24) is 20.3 Å². The van der Waals surface area contributed by atoms with Crippen molar-refractivity contribution in [3.05, 3.63) is 84.0 Å². The molecule has 2 heterocycles. The Kier molecular flexibility index (Phi) is 7.32. The Labute approximate surface area is 194 Å². The Morgan fingerprint density at radius 1 is 1.03 bits per heavy atom. The molecule has 3 aromatic rings. The number of rotatable bonds is 8. The lowest BCUT2D eigenvalue weighted by atomic mass is 10.1. The standard InChI is InChI=1S/C26H30N6O/c1-18(2)29-17-21-15-23(13-14-28-21)33-22-10-6-9-20(11-12-22)30-25-16-24(31-26(27)32-25)19-7-4-3-5-8-19/h3-5,7-8,11-16,18,29H,6,9-10,17H2,1-2H3,(H3,27,30,31,32). The number of nitrogens with zero attached hydrogens (tertiary/aromatic N) is 3. The fourth-order valence-electron chi connectivity index (χ4n) is 3.53. The zero-order valence-electron chi connectivity index (χ0n) is 19.1. The lowest BCUT2D eigenvalue weighted by Crippen LogP contribution is -2.22. The predicted molar refractivity (Wildman–Crippen MR) is 132 cm³/mol. The molecule has 4 N–H and O–H groups in total. The van der Waals surface area contributed by atoms with E-state index in [1.165, 1.54) is 0 Å². The third kappa shape index (κ3) is 6.63. The average molecular weight is 443 g/mol. The van der Waals surface area contributed by atoms with Crippen molar-refractivity contribution in [2.45, 2.75) is 45.7 Å². The van der Waals surface area contributed by atoms with Gasteiger partial charge in [0.1, 0.15) is 17.3 Å². The molecule has 0 amide bonds. The van der Waals surface area contributed by atoms with Crippen LogP contribution < -0.4 is 21.1 Å². The SMILES string of the molecule is CC(C)NCc1cc(OC2=CC=C(Nc3cc(-c4ccccc4)nc(N)n3)CCC2)ccn1. The normalized spacial score (nSPS) is 13.8. The molecule has 4 rings (SSSR count). The molecule has 1 aliphatic rings. The molecule has 1 aromatic carbocycles. The van der Waals surface area contributed by atoms with Crippen LogP contribution in [0.25, 0.3) is 11.3 Å². The molecule has 33 heavy (non-hydrogen) atoms. The molecule has 0 radical (unpaired) electrons. The summed E-state index contributed by atoms with van der Waals surface area (Å²) in [6.45, 7) is 4.95. The van der Waals surface area contributed by atoms with Crippen LogP contribution in [0.3, 0.4) is 0 Å². The number of allylic oxidation sites excluding steroid dienone is 4. The van der Waals surface area contributed by atoms with Crippen LogP contribution >= 0.6 is 0 Å². The molecule has 0 fully saturated rings. The van der Waals surface area contributed by atoms with Gasteiger partial charge >= 0.3 is 0 Å². The first-order valence-corrected chi connectivity index (χ1v) is 11.3. The van der Waals surface area contributed by atoms with E-state index in [0.717, 1.165) is 60.0 Å². The van der Waals surface area contributed by atoms with Gasteiger partial charge in [-0.1, -0.05) is 44.2 Å². The molecule has 0 bridgehead atoms. The number of hydrogen-bond donors (Lipinski definition) is 3. The van der Waals surface area contributed by atoms with Gasteiger partial charge in [-0.15, -0.1) is 0 Å². The van der Waals surface area contributed by atoms with E-state index < -0.39 is 0 Å². The molecule has 0 atom stereocenters. The highest BCUT2D eigenvalue weighted by Gasteiger charge is 2.10. The first-order chi connectivity index (χ1) is 16.0. The van der Waals surface area contributed by atoms with E-state index in [0.29, 0.717) is 11.9 Å². The minimum atomic E-state index is 0.244. The highest BCUT2D eigenvalue weighted by molar-refractivity contribution is 5.64. The maximum absolute atomic E-state index is 6.15. The molecule has 7 heteroatoms. The highest BCUT2D eigenvalue weighted by atomic mass is 16.5. The zero-order chi connectivity index (χ0) is 23.0. The van der Waals surface area contributed by atoms with Crippen molar-refractivity contribution in [2.75, 3.05) is 11.1 Å². The highest BCUT2D eigenvalue weighted by Crippen LogP contribution is 2.25. The van der Waals surface area contributed by atoms with Gasteiger partial charge in [-0.25, -0.2) is 4.98 Å². The molecular weight excluding hydrogens is 412 g/mol. The van der Waals surface area contributed by atoms with Crippen LogP contribution in [0.1, 0.15) is 38.8 Å². The van der Waals surface area contributed by atoms with E-state index in [9.17, 15) is 0 Å².